The van der Waals surface area contributed by atoms with Crippen molar-refractivity contribution in [2.45, 2.75) is 25.1 Å². The molecular formula is C11H17NO3. The molecule has 15 heavy (non-hydrogen) atoms. The van der Waals surface area contributed by atoms with Crippen LogP contribution in [-0.4, -0.2) is 42.4 Å². The lowest BCUT2D eigenvalue weighted by molar-refractivity contribution is 0.106. The van der Waals surface area contributed by atoms with Gasteiger partial charge in [0, 0.05) is 19.7 Å². The Morgan fingerprint density at radius 2 is 2.53 bits per heavy atom. The van der Waals surface area contributed by atoms with Gasteiger partial charge in [0.15, 0.2) is 0 Å². The first kappa shape index (κ1) is 10.7. The Kier molecular flexibility index (Phi) is 3.41. The summed E-state index contributed by atoms with van der Waals surface area (Å²) in [5, 5.41) is 9.25. The first-order valence-electron chi connectivity index (χ1n) is 5.23. The zero-order valence-electron chi connectivity index (χ0n) is 8.93. The number of aliphatic hydroxyl groups is 1. The molecule has 4 heteroatoms. The molecule has 0 unspecified atom stereocenters. The Balaban J connectivity index is 1.96. The predicted octanol–water partition coefficient (Wildman–Crippen LogP) is 0.861. The maximum Gasteiger partial charge on any atom is 0.117 e. The van der Waals surface area contributed by atoms with E-state index >= 15 is 0 Å². The maximum atomic E-state index is 9.25. The highest BCUT2D eigenvalue weighted by Crippen LogP contribution is 2.21. The van der Waals surface area contributed by atoms with E-state index in [2.05, 4.69) is 4.90 Å². The quantitative estimate of drug-likeness (QED) is 0.802. The molecule has 1 aromatic heterocycles. The molecule has 1 saturated heterocycles. The van der Waals surface area contributed by atoms with E-state index in [9.17, 15) is 5.11 Å². The topological polar surface area (TPSA) is 45.8 Å². The second-order valence-electron chi connectivity index (χ2n) is 3.94. The highest BCUT2D eigenvalue weighted by molar-refractivity contribution is 5.00. The molecule has 0 aromatic carbocycles. The Labute approximate surface area is 89.4 Å². The van der Waals surface area contributed by atoms with Gasteiger partial charge in [0.1, 0.15) is 5.76 Å². The summed E-state index contributed by atoms with van der Waals surface area (Å²) < 4.78 is 10.6. The summed E-state index contributed by atoms with van der Waals surface area (Å²) in [6.07, 6.45) is 2.80. The van der Waals surface area contributed by atoms with Gasteiger partial charge in [-0.2, -0.15) is 0 Å². The largest absolute Gasteiger partial charge is 0.468 e. The third-order valence-electron chi connectivity index (χ3n) is 2.97. The maximum absolute atomic E-state index is 9.25. The lowest BCUT2D eigenvalue weighted by atomic mass is 10.2. The van der Waals surface area contributed by atoms with Crippen molar-refractivity contribution in [1.29, 1.82) is 0 Å². The molecular weight excluding hydrogens is 194 g/mol. The minimum atomic E-state index is 0.181. The molecule has 2 heterocycles. The molecule has 0 amide bonds. The van der Waals surface area contributed by atoms with Crippen LogP contribution < -0.4 is 0 Å². The highest BCUT2D eigenvalue weighted by atomic mass is 16.5. The summed E-state index contributed by atoms with van der Waals surface area (Å²) in [4.78, 5) is 2.20. The standard InChI is InChI=1S/C11H17NO3/c1-14-11-5-9(8-13)12(7-11)6-10-3-2-4-15-10/h2-4,9,11,13H,5-8H2,1H3/t9-,11+/m0/s1. The van der Waals surface area contributed by atoms with Crippen molar-refractivity contribution in [2.75, 3.05) is 20.3 Å². The molecule has 0 bridgehead atoms. The summed E-state index contributed by atoms with van der Waals surface area (Å²) in [6, 6.07) is 4.03. The molecule has 2 rings (SSSR count). The number of furan rings is 1. The smallest absolute Gasteiger partial charge is 0.117 e. The average Bonchev–Trinajstić information content (AvgIpc) is 2.87. The van der Waals surface area contributed by atoms with Crippen LogP contribution in [0, 0.1) is 0 Å². The summed E-state index contributed by atoms with van der Waals surface area (Å²) >= 11 is 0. The third kappa shape index (κ3) is 2.40. The van der Waals surface area contributed by atoms with Crippen LogP contribution >= 0.6 is 0 Å². The van der Waals surface area contributed by atoms with Crippen LogP contribution in [0.3, 0.4) is 0 Å². The van der Waals surface area contributed by atoms with Crippen LogP contribution in [0.15, 0.2) is 22.8 Å². The zero-order valence-corrected chi connectivity index (χ0v) is 8.93. The summed E-state index contributed by atoms with van der Waals surface area (Å²) in [6.45, 7) is 1.79. The van der Waals surface area contributed by atoms with Crippen LogP contribution in [0.5, 0.6) is 0 Å². The molecule has 1 N–H and O–H groups in total. The van der Waals surface area contributed by atoms with E-state index in [1.54, 1.807) is 13.4 Å². The van der Waals surface area contributed by atoms with Gasteiger partial charge in [0.25, 0.3) is 0 Å². The Morgan fingerprint density at radius 3 is 3.13 bits per heavy atom. The fourth-order valence-corrected chi connectivity index (χ4v) is 2.09. The van der Waals surface area contributed by atoms with Crippen LogP contribution in [0.1, 0.15) is 12.2 Å². The molecule has 0 saturated carbocycles. The van der Waals surface area contributed by atoms with Gasteiger partial charge in [-0.1, -0.05) is 0 Å². The molecule has 1 fully saturated rings. The Bertz CT molecular complexity index is 286. The van der Waals surface area contributed by atoms with Crippen molar-refractivity contribution in [3.63, 3.8) is 0 Å². The first-order valence-corrected chi connectivity index (χ1v) is 5.23. The summed E-state index contributed by atoms with van der Waals surface area (Å²) in [5.74, 6) is 0.935. The van der Waals surface area contributed by atoms with Crippen LogP contribution in [-0.2, 0) is 11.3 Å². The second-order valence-corrected chi connectivity index (χ2v) is 3.94. The molecule has 0 aliphatic carbocycles. The molecule has 1 aliphatic rings. The number of likely N-dealkylation sites (tertiary alicyclic amines) is 1. The van der Waals surface area contributed by atoms with E-state index in [1.165, 1.54) is 0 Å². The fourth-order valence-electron chi connectivity index (χ4n) is 2.09. The third-order valence-corrected chi connectivity index (χ3v) is 2.97. The van der Waals surface area contributed by atoms with Crippen molar-refractivity contribution in [3.05, 3.63) is 24.2 Å². The highest BCUT2D eigenvalue weighted by Gasteiger charge is 2.31. The molecule has 1 aromatic rings. The minimum Gasteiger partial charge on any atom is -0.468 e. The Hall–Kier alpha value is -0.840. The first-order chi connectivity index (χ1) is 7.33. The van der Waals surface area contributed by atoms with Crippen LogP contribution in [0.4, 0.5) is 0 Å². The van der Waals surface area contributed by atoms with E-state index in [1.807, 2.05) is 12.1 Å². The number of hydrogen-bond donors (Lipinski definition) is 1. The molecule has 84 valence electrons. The molecule has 1 aliphatic heterocycles. The van der Waals surface area contributed by atoms with Crippen molar-refractivity contribution in [1.82, 2.24) is 4.90 Å². The molecule has 4 nitrogen and oxygen atoms in total. The van der Waals surface area contributed by atoms with Crippen molar-refractivity contribution >= 4 is 0 Å². The van der Waals surface area contributed by atoms with E-state index in [0.717, 1.165) is 25.3 Å². The van der Waals surface area contributed by atoms with Gasteiger partial charge in [-0.15, -0.1) is 0 Å². The van der Waals surface area contributed by atoms with Crippen molar-refractivity contribution in [2.24, 2.45) is 0 Å². The van der Waals surface area contributed by atoms with Gasteiger partial charge in [-0.3, -0.25) is 4.90 Å². The average molecular weight is 211 g/mol. The predicted molar refractivity (Wildman–Crippen MR) is 55.4 cm³/mol. The molecule has 2 atom stereocenters. The lowest BCUT2D eigenvalue weighted by Gasteiger charge is -2.20. The minimum absolute atomic E-state index is 0.181. The number of nitrogens with zero attached hydrogens (tertiary/aromatic N) is 1. The van der Waals surface area contributed by atoms with Crippen LogP contribution in [0.25, 0.3) is 0 Å². The second kappa shape index (κ2) is 4.79. The SMILES string of the molecule is CO[C@@H]1C[C@@H](CO)N(Cc2ccco2)C1. The number of aliphatic hydroxyl groups excluding tert-OH is 1. The monoisotopic (exact) mass is 211 g/mol. The molecule has 0 spiro atoms. The van der Waals surface area contributed by atoms with Gasteiger partial charge in [-0.25, -0.2) is 0 Å². The summed E-state index contributed by atoms with van der Waals surface area (Å²) in [7, 11) is 1.72. The number of hydrogen-bond acceptors (Lipinski definition) is 4. The van der Waals surface area contributed by atoms with E-state index < -0.39 is 0 Å². The van der Waals surface area contributed by atoms with Gasteiger partial charge < -0.3 is 14.3 Å². The fraction of sp³-hybridized carbons (Fsp3) is 0.636. The van der Waals surface area contributed by atoms with Gasteiger partial charge in [0.05, 0.1) is 25.5 Å². The van der Waals surface area contributed by atoms with Gasteiger partial charge in [-0.05, 0) is 18.6 Å². The number of rotatable bonds is 4. The Morgan fingerprint density at radius 1 is 1.67 bits per heavy atom. The number of methoxy groups -OCH3 is 1. The van der Waals surface area contributed by atoms with Gasteiger partial charge >= 0.3 is 0 Å². The van der Waals surface area contributed by atoms with E-state index in [0.29, 0.717) is 0 Å². The normalized spacial score (nSPS) is 27.3. The summed E-state index contributed by atoms with van der Waals surface area (Å²) in [5.41, 5.74) is 0. The van der Waals surface area contributed by atoms with E-state index in [4.69, 9.17) is 9.15 Å². The van der Waals surface area contributed by atoms with Crippen molar-refractivity contribution in [3.8, 4) is 0 Å². The van der Waals surface area contributed by atoms with Crippen molar-refractivity contribution < 1.29 is 14.3 Å². The zero-order chi connectivity index (χ0) is 10.7. The lowest BCUT2D eigenvalue weighted by Crippen LogP contribution is -2.31. The van der Waals surface area contributed by atoms with Crippen LogP contribution in [0.2, 0.25) is 0 Å². The van der Waals surface area contributed by atoms with E-state index in [-0.39, 0.29) is 18.8 Å². The van der Waals surface area contributed by atoms with Gasteiger partial charge in [0.2, 0.25) is 0 Å². The molecule has 0 radical (unpaired) electrons. The number of ether oxygens (including phenoxy) is 1.